The largest absolute Gasteiger partial charge is 0.508 e. The zero-order valence-electron chi connectivity index (χ0n) is 9.93. The van der Waals surface area contributed by atoms with Gasteiger partial charge < -0.3 is 9.84 Å². The Morgan fingerprint density at radius 1 is 1.44 bits per heavy atom. The average molecular weight is 274 g/mol. The molecule has 1 aromatic rings. The molecule has 8 heteroatoms. The molecule has 7 nitrogen and oxygen atoms in total. The summed E-state index contributed by atoms with van der Waals surface area (Å²) in [6.45, 7) is 3.29. The third kappa shape index (κ3) is 4.13. The molecular formula is C10H14N2O5S. The Bertz CT molecular complexity index is 541. The van der Waals surface area contributed by atoms with Crippen LogP contribution >= 0.6 is 0 Å². The van der Waals surface area contributed by atoms with Crippen molar-refractivity contribution in [1.82, 2.24) is 4.72 Å². The van der Waals surface area contributed by atoms with E-state index in [1.54, 1.807) is 18.6 Å². The van der Waals surface area contributed by atoms with E-state index < -0.39 is 16.3 Å². The van der Waals surface area contributed by atoms with Gasteiger partial charge in [0, 0.05) is 6.07 Å². The number of anilines is 1. The monoisotopic (exact) mass is 274 g/mol. The highest BCUT2D eigenvalue weighted by atomic mass is 32.2. The molecular weight excluding hydrogens is 260 g/mol. The van der Waals surface area contributed by atoms with E-state index in [0.29, 0.717) is 5.56 Å². The molecule has 0 saturated carbocycles. The number of benzene rings is 1. The SMILES string of the molecule is CCOC(=O)NS(=O)(=O)Nc1ccc(C)c(O)c1. The van der Waals surface area contributed by atoms with Crippen molar-refractivity contribution < 1.29 is 23.1 Å². The summed E-state index contributed by atoms with van der Waals surface area (Å²) in [5, 5.41) is 9.42. The first kappa shape index (κ1) is 14.1. The lowest BCUT2D eigenvalue weighted by molar-refractivity contribution is 0.159. The highest BCUT2D eigenvalue weighted by Gasteiger charge is 2.15. The molecule has 0 aromatic heterocycles. The molecule has 0 heterocycles. The summed E-state index contributed by atoms with van der Waals surface area (Å²) in [6.07, 6.45) is -1.07. The van der Waals surface area contributed by atoms with Gasteiger partial charge in [0.05, 0.1) is 12.3 Å². The number of ether oxygens (including phenoxy) is 1. The van der Waals surface area contributed by atoms with Crippen LogP contribution in [0.25, 0.3) is 0 Å². The molecule has 1 aromatic carbocycles. The van der Waals surface area contributed by atoms with E-state index in [1.165, 1.54) is 18.2 Å². The van der Waals surface area contributed by atoms with Crippen LogP contribution in [-0.2, 0) is 14.9 Å². The van der Waals surface area contributed by atoms with Crippen LogP contribution in [0.15, 0.2) is 18.2 Å². The van der Waals surface area contributed by atoms with Gasteiger partial charge in [0.25, 0.3) is 0 Å². The van der Waals surface area contributed by atoms with Crippen LogP contribution in [0.3, 0.4) is 0 Å². The predicted octanol–water partition coefficient (Wildman–Crippen LogP) is 1.10. The van der Waals surface area contributed by atoms with E-state index in [-0.39, 0.29) is 18.0 Å². The van der Waals surface area contributed by atoms with E-state index in [4.69, 9.17) is 0 Å². The Morgan fingerprint density at radius 2 is 2.11 bits per heavy atom. The number of rotatable bonds is 4. The number of hydrogen-bond acceptors (Lipinski definition) is 5. The number of aromatic hydroxyl groups is 1. The van der Waals surface area contributed by atoms with E-state index in [0.717, 1.165) is 0 Å². The van der Waals surface area contributed by atoms with Crippen molar-refractivity contribution >= 4 is 22.0 Å². The van der Waals surface area contributed by atoms with Crippen molar-refractivity contribution in [2.24, 2.45) is 0 Å². The fourth-order valence-corrected chi connectivity index (χ4v) is 1.89. The van der Waals surface area contributed by atoms with Gasteiger partial charge >= 0.3 is 16.3 Å². The molecule has 0 aliphatic rings. The Hall–Kier alpha value is -1.96. The molecule has 0 fully saturated rings. The van der Waals surface area contributed by atoms with Crippen molar-refractivity contribution in [3.63, 3.8) is 0 Å². The van der Waals surface area contributed by atoms with E-state index in [1.807, 2.05) is 0 Å². The molecule has 0 unspecified atom stereocenters. The lowest BCUT2D eigenvalue weighted by atomic mass is 10.2. The maximum atomic E-state index is 11.5. The summed E-state index contributed by atoms with van der Waals surface area (Å²) in [5.74, 6) is -0.0497. The van der Waals surface area contributed by atoms with Crippen LogP contribution in [0.5, 0.6) is 5.75 Å². The lowest BCUT2D eigenvalue weighted by Crippen LogP contribution is -2.35. The van der Waals surface area contributed by atoms with Crippen LogP contribution < -0.4 is 9.44 Å². The topological polar surface area (TPSA) is 105 Å². The second-order valence-electron chi connectivity index (χ2n) is 3.43. The molecule has 0 aliphatic carbocycles. The molecule has 0 spiro atoms. The Kier molecular flexibility index (Phi) is 4.38. The third-order valence-electron chi connectivity index (χ3n) is 1.95. The van der Waals surface area contributed by atoms with Crippen molar-refractivity contribution in [3.8, 4) is 5.75 Å². The average Bonchev–Trinajstić information content (AvgIpc) is 2.22. The first-order valence-corrected chi connectivity index (χ1v) is 6.59. The zero-order valence-corrected chi connectivity index (χ0v) is 10.7. The molecule has 100 valence electrons. The third-order valence-corrected chi connectivity index (χ3v) is 2.89. The second kappa shape index (κ2) is 5.58. The molecule has 3 N–H and O–H groups in total. The van der Waals surface area contributed by atoms with Gasteiger partial charge in [-0.2, -0.15) is 8.42 Å². The molecule has 1 amide bonds. The van der Waals surface area contributed by atoms with Gasteiger partial charge in [-0.1, -0.05) is 6.07 Å². The van der Waals surface area contributed by atoms with Crippen molar-refractivity contribution in [2.45, 2.75) is 13.8 Å². The number of carbonyl (C=O) groups is 1. The summed E-state index contributed by atoms with van der Waals surface area (Å²) in [7, 11) is -4.07. The smallest absolute Gasteiger partial charge is 0.422 e. The Labute approximate surface area is 105 Å². The van der Waals surface area contributed by atoms with Crippen LogP contribution in [0.2, 0.25) is 0 Å². The Morgan fingerprint density at radius 3 is 2.67 bits per heavy atom. The number of hydrogen-bond donors (Lipinski definition) is 3. The molecule has 18 heavy (non-hydrogen) atoms. The van der Waals surface area contributed by atoms with Gasteiger partial charge in [-0.3, -0.25) is 4.72 Å². The number of aryl methyl sites for hydroxylation is 1. The van der Waals surface area contributed by atoms with Gasteiger partial charge in [-0.25, -0.2) is 9.52 Å². The quantitative estimate of drug-likeness (QED) is 0.762. The minimum absolute atomic E-state index is 0.0497. The standard InChI is InChI=1S/C10H14N2O5S/c1-3-17-10(14)12-18(15,16)11-8-5-4-7(2)9(13)6-8/h4-6,11,13H,3H2,1-2H3,(H,12,14). The summed E-state index contributed by atoms with van der Waals surface area (Å²) < 4.78 is 31.1. The normalized spacial score (nSPS) is 10.8. The van der Waals surface area contributed by atoms with E-state index in [2.05, 4.69) is 9.46 Å². The fourth-order valence-electron chi connectivity index (χ4n) is 1.12. The van der Waals surface area contributed by atoms with Gasteiger partial charge in [0.2, 0.25) is 0 Å². The van der Waals surface area contributed by atoms with Crippen LogP contribution in [0.1, 0.15) is 12.5 Å². The highest BCUT2D eigenvalue weighted by molar-refractivity contribution is 7.91. The molecule has 1 rings (SSSR count). The molecule has 0 aliphatic heterocycles. The molecule has 0 radical (unpaired) electrons. The summed E-state index contributed by atoms with van der Waals surface area (Å²) in [4.78, 5) is 11.0. The maximum absolute atomic E-state index is 11.5. The molecule has 0 saturated heterocycles. The maximum Gasteiger partial charge on any atom is 0.422 e. The highest BCUT2D eigenvalue weighted by Crippen LogP contribution is 2.21. The summed E-state index contributed by atoms with van der Waals surface area (Å²) in [5.41, 5.74) is 0.742. The lowest BCUT2D eigenvalue weighted by Gasteiger charge is -2.09. The zero-order chi connectivity index (χ0) is 13.8. The number of phenolic OH excluding ortho intramolecular Hbond substituents is 1. The second-order valence-corrected chi connectivity index (χ2v) is 4.84. The first-order chi connectivity index (χ1) is 8.34. The van der Waals surface area contributed by atoms with Crippen LogP contribution in [0, 0.1) is 6.92 Å². The fraction of sp³-hybridized carbons (Fsp3) is 0.300. The van der Waals surface area contributed by atoms with E-state index >= 15 is 0 Å². The van der Waals surface area contributed by atoms with Crippen LogP contribution in [0.4, 0.5) is 10.5 Å². The summed E-state index contributed by atoms with van der Waals surface area (Å²) >= 11 is 0. The first-order valence-electron chi connectivity index (χ1n) is 5.11. The van der Waals surface area contributed by atoms with Crippen molar-refractivity contribution in [1.29, 1.82) is 0 Å². The number of phenols is 1. The number of amides is 1. The number of nitrogens with one attached hydrogen (secondary N) is 2. The van der Waals surface area contributed by atoms with Gasteiger partial charge in [0.15, 0.2) is 0 Å². The van der Waals surface area contributed by atoms with Gasteiger partial charge in [-0.15, -0.1) is 0 Å². The minimum Gasteiger partial charge on any atom is -0.508 e. The number of carbonyl (C=O) groups excluding carboxylic acids is 1. The van der Waals surface area contributed by atoms with E-state index in [9.17, 15) is 18.3 Å². The minimum atomic E-state index is -4.07. The van der Waals surface area contributed by atoms with Crippen LogP contribution in [-0.4, -0.2) is 26.2 Å². The molecule has 0 bridgehead atoms. The van der Waals surface area contributed by atoms with Gasteiger partial charge in [-0.05, 0) is 25.5 Å². The molecule has 0 atom stereocenters. The van der Waals surface area contributed by atoms with Crippen molar-refractivity contribution in [2.75, 3.05) is 11.3 Å². The predicted molar refractivity (Wildman–Crippen MR) is 65.5 cm³/mol. The van der Waals surface area contributed by atoms with Gasteiger partial charge in [0.1, 0.15) is 5.75 Å². The summed E-state index contributed by atoms with van der Waals surface area (Å²) in [6, 6.07) is 4.23. The Balaban J connectivity index is 2.76. The van der Waals surface area contributed by atoms with Crippen molar-refractivity contribution in [3.05, 3.63) is 23.8 Å².